The lowest BCUT2D eigenvalue weighted by molar-refractivity contribution is -0.858. The molecule has 0 aliphatic rings. The quantitative estimate of drug-likeness (QED) is 0.106. The van der Waals surface area contributed by atoms with E-state index >= 15 is 0 Å². The minimum absolute atomic E-state index is 0.142. The zero-order valence-electron chi connectivity index (χ0n) is 31.1. The molecule has 3 rings (SSSR count). The molecule has 278 valence electrons. The maximum atomic E-state index is 10.2. The van der Waals surface area contributed by atoms with Gasteiger partial charge in [0.05, 0.1) is 51.2 Å². The predicted octanol–water partition coefficient (Wildman–Crippen LogP) is 4.31. The number of nitrogens with one attached hydrogen (secondary N) is 1. The second kappa shape index (κ2) is 29.9. The summed E-state index contributed by atoms with van der Waals surface area (Å²) in [6.07, 6.45) is 23.7. The van der Waals surface area contributed by atoms with E-state index in [4.69, 9.17) is 4.74 Å². The van der Waals surface area contributed by atoms with Crippen LogP contribution < -0.4 is 25.6 Å². The van der Waals surface area contributed by atoms with E-state index in [2.05, 4.69) is 92.6 Å². The number of carboxylic acids is 2. The average molecular weight is 693 g/mol. The number of ether oxygens (including phenoxy) is 1. The van der Waals surface area contributed by atoms with Crippen LogP contribution in [0.15, 0.2) is 78.9 Å². The maximum absolute atomic E-state index is 10.2. The highest BCUT2D eigenvalue weighted by Crippen LogP contribution is 2.25. The summed E-state index contributed by atoms with van der Waals surface area (Å²) in [5, 5.41) is 25.6. The highest BCUT2D eigenvalue weighted by molar-refractivity contribution is 5.84. The molecule has 0 aliphatic carbocycles. The molecule has 0 bridgehead atoms. The summed E-state index contributed by atoms with van der Waals surface area (Å²) in [6, 6.07) is 18.7. The van der Waals surface area contributed by atoms with Crippen LogP contribution in [0.3, 0.4) is 0 Å². The highest BCUT2D eigenvalue weighted by Gasteiger charge is 2.11. The number of carbonyl (C=O) groups is 2. The number of nitrogens with zero attached hydrogens (tertiary/aromatic N) is 2. The zero-order valence-corrected chi connectivity index (χ0v) is 31.1. The van der Waals surface area contributed by atoms with Crippen molar-refractivity contribution < 1.29 is 35.2 Å². The molecule has 0 aliphatic heterocycles. The fraction of sp³-hybridized carbons (Fsp3) is 0.537. The summed E-state index contributed by atoms with van der Waals surface area (Å²) in [4.78, 5) is 21.3. The first-order valence-corrected chi connectivity index (χ1v) is 18.7. The molecule has 0 saturated heterocycles. The van der Waals surface area contributed by atoms with Crippen molar-refractivity contribution in [2.45, 2.75) is 110 Å². The Bertz CT molecular complexity index is 1340. The number of aliphatic carboxylic acids is 2. The number of aromatic nitrogens is 2. The average Bonchev–Trinajstić information content (AvgIpc) is 3.45. The van der Waals surface area contributed by atoms with Gasteiger partial charge in [-0.2, -0.15) is 0 Å². The Kier molecular flexibility index (Phi) is 26.4. The van der Waals surface area contributed by atoms with E-state index in [0.29, 0.717) is 19.6 Å². The second-order valence-electron chi connectivity index (χ2n) is 12.8. The minimum atomic E-state index is -0.983. The van der Waals surface area contributed by atoms with Gasteiger partial charge in [0, 0.05) is 24.8 Å². The van der Waals surface area contributed by atoms with Crippen molar-refractivity contribution in [2.75, 3.05) is 33.8 Å². The van der Waals surface area contributed by atoms with Crippen LogP contribution in [0, 0.1) is 0 Å². The third-order valence-corrected chi connectivity index (χ3v) is 7.82. The largest absolute Gasteiger partial charge is 0.550 e. The predicted molar refractivity (Wildman–Crippen MR) is 199 cm³/mol. The number of rotatable bonds is 24. The fourth-order valence-corrected chi connectivity index (χ4v) is 5.03. The molecule has 0 radical (unpaired) electrons. The van der Waals surface area contributed by atoms with Crippen LogP contribution >= 0.6 is 0 Å². The molecule has 0 spiro atoms. The normalized spacial score (nSPS) is 11.1. The summed E-state index contributed by atoms with van der Waals surface area (Å²) >= 11 is 0. The molecule has 4 N–H and O–H groups in total. The standard InChI is InChI=1S/C19H23N3O.C18H32O2.C4H9NO2/c1-21(2)13-8-14-23-19-17-11-6-7-12-18(17)22(20-19)15-16-9-4-3-5-10-16;1-2-3-4-5-6-7-8-9-10-11-12-13-14-15-16-17-18(19)20;5-3-1-2-4(6)7/h3-7,9-12H,8,13-15H2,1-2H3;6-7,9-10H,2-5,8,11-17H2,1H3,(H,19,20);1-3,5H2,(H,6,7)/b;7-6-,10-9-;. The van der Waals surface area contributed by atoms with Gasteiger partial charge in [0.2, 0.25) is 5.88 Å². The van der Waals surface area contributed by atoms with E-state index in [1.54, 1.807) is 0 Å². The van der Waals surface area contributed by atoms with Gasteiger partial charge in [0.25, 0.3) is 0 Å². The maximum Gasteiger partial charge on any atom is 0.240 e. The Morgan fingerprint density at radius 2 is 1.38 bits per heavy atom. The molecule has 9 heteroatoms. The second-order valence-corrected chi connectivity index (χ2v) is 12.8. The molecule has 50 heavy (non-hydrogen) atoms. The van der Waals surface area contributed by atoms with Crippen LogP contribution in [0.4, 0.5) is 0 Å². The van der Waals surface area contributed by atoms with Crippen LogP contribution in [0.2, 0.25) is 0 Å². The molecule has 9 nitrogen and oxygen atoms in total. The van der Waals surface area contributed by atoms with E-state index in [9.17, 15) is 19.8 Å². The number of hydrogen-bond acceptors (Lipinski definition) is 6. The Labute approximate surface area is 301 Å². The van der Waals surface area contributed by atoms with Crippen LogP contribution in [0.5, 0.6) is 5.88 Å². The SMILES string of the molecule is CCCCC/C=C\C/C=C\CCCCCCCC(=O)[O-].C[NH+](C)CCCOc1nn(Cc2ccccc2)c2ccccc12.[NH3+]CCCC(=O)[O-]. The fourth-order valence-electron chi connectivity index (χ4n) is 5.03. The third kappa shape index (κ3) is 23.4. The first-order chi connectivity index (χ1) is 24.3. The molecule has 0 saturated carbocycles. The van der Waals surface area contributed by atoms with Crippen LogP contribution in [0.25, 0.3) is 10.9 Å². The van der Waals surface area contributed by atoms with Gasteiger partial charge in [-0.05, 0) is 69.1 Å². The number of allylic oxidation sites excluding steroid dienone is 4. The number of quaternary nitrogens is 2. The van der Waals surface area contributed by atoms with Crippen molar-refractivity contribution in [3.8, 4) is 5.88 Å². The molecule has 1 aromatic heterocycles. The summed E-state index contributed by atoms with van der Waals surface area (Å²) < 4.78 is 7.97. The molecule has 0 atom stereocenters. The number of carboxylic acid groups (broad SMARTS) is 2. The van der Waals surface area contributed by atoms with Crippen molar-refractivity contribution >= 4 is 22.8 Å². The summed E-state index contributed by atoms with van der Waals surface area (Å²) in [7, 11) is 4.31. The summed E-state index contributed by atoms with van der Waals surface area (Å²) in [5.41, 5.74) is 5.82. The third-order valence-electron chi connectivity index (χ3n) is 7.82. The number of para-hydroxylation sites is 1. The molecule has 0 amide bonds. The summed E-state index contributed by atoms with van der Waals surface area (Å²) in [6.45, 7) is 5.47. The van der Waals surface area contributed by atoms with Gasteiger partial charge in [0.15, 0.2) is 0 Å². The molecule has 2 aromatic carbocycles. The molecule has 0 fully saturated rings. The molecular formula is C41H64N4O5. The monoisotopic (exact) mass is 692 g/mol. The Hall–Kier alpha value is -3.95. The molecule has 1 heterocycles. The van der Waals surface area contributed by atoms with Gasteiger partial charge < -0.3 is 35.2 Å². The van der Waals surface area contributed by atoms with E-state index in [0.717, 1.165) is 68.4 Å². The van der Waals surface area contributed by atoms with E-state index in [-0.39, 0.29) is 12.8 Å². The van der Waals surface area contributed by atoms with Gasteiger partial charge in [-0.3, -0.25) is 4.68 Å². The Morgan fingerprint density at radius 3 is 2.00 bits per heavy atom. The van der Waals surface area contributed by atoms with E-state index < -0.39 is 11.9 Å². The van der Waals surface area contributed by atoms with E-state index in [1.807, 2.05) is 22.9 Å². The minimum Gasteiger partial charge on any atom is -0.550 e. The van der Waals surface area contributed by atoms with Gasteiger partial charge in [-0.25, -0.2) is 0 Å². The lowest BCUT2D eigenvalue weighted by Gasteiger charge is -2.07. The summed E-state index contributed by atoms with van der Waals surface area (Å²) in [5.74, 6) is -1.16. The smallest absolute Gasteiger partial charge is 0.240 e. The molecule has 3 aromatic rings. The number of fused-ring (bicyclic) bond motifs is 1. The number of unbranched alkanes of at least 4 members (excludes halogenated alkanes) is 8. The van der Waals surface area contributed by atoms with Crippen LogP contribution in [0.1, 0.15) is 109 Å². The van der Waals surface area contributed by atoms with Crippen molar-refractivity contribution in [1.82, 2.24) is 9.78 Å². The molecular weight excluding hydrogens is 628 g/mol. The van der Waals surface area contributed by atoms with Crippen molar-refractivity contribution in [3.63, 3.8) is 0 Å². The lowest BCUT2D eigenvalue weighted by Crippen LogP contribution is -3.05. The number of carbonyl (C=O) groups excluding carboxylic acids is 2. The van der Waals surface area contributed by atoms with Crippen molar-refractivity contribution in [2.24, 2.45) is 0 Å². The topological polar surface area (TPSA) is 139 Å². The number of benzene rings is 2. The van der Waals surface area contributed by atoms with Gasteiger partial charge in [-0.1, -0.05) is 106 Å². The van der Waals surface area contributed by atoms with Crippen molar-refractivity contribution in [3.05, 3.63) is 84.5 Å². The Balaban J connectivity index is 0.000000425. The lowest BCUT2D eigenvalue weighted by atomic mass is 10.1. The highest BCUT2D eigenvalue weighted by atomic mass is 16.5. The van der Waals surface area contributed by atoms with Gasteiger partial charge >= 0.3 is 0 Å². The van der Waals surface area contributed by atoms with Crippen LogP contribution in [-0.2, 0) is 16.1 Å². The zero-order chi connectivity index (χ0) is 36.7. The molecule has 0 unspecified atom stereocenters. The van der Waals surface area contributed by atoms with E-state index in [1.165, 1.54) is 49.0 Å². The van der Waals surface area contributed by atoms with Crippen molar-refractivity contribution in [1.29, 1.82) is 0 Å². The van der Waals surface area contributed by atoms with Gasteiger partial charge in [-0.15, -0.1) is 5.10 Å². The van der Waals surface area contributed by atoms with Gasteiger partial charge in [0.1, 0.15) is 0 Å². The first kappa shape index (κ1) is 44.1. The Morgan fingerprint density at radius 1 is 0.780 bits per heavy atom. The van der Waals surface area contributed by atoms with Crippen LogP contribution in [-0.4, -0.2) is 55.5 Å². The first-order valence-electron chi connectivity index (χ1n) is 18.7. The number of hydrogen-bond donors (Lipinski definition) is 2.